The summed E-state index contributed by atoms with van der Waals surface area (Å²) in [5.74, 6) is 0.497. The highest BCUT2D eigenvalue weighted by Crippen LogP contribution is 2.41. The van der Waals surface area contributed by atoms with Gasteiger partial charge in [-0.05, 0) is 36.5 Å². The lowest BCUT2D eigenvalue weighted by atomic mass is 10.0. The summed E-state index contributed by atoms with van der Waals surface area (Å²) in [5, 5.41) is 14.3. The molecule has 0 saturated heterocycles. The summed E-state index contributed by atoms with van der Waals surface area (Å²) in [4.78, 5) is 12.0. The lowest BCUT2D eigenvalue weighted by Crippen LogP contribution is -2.33. The fraction of sp³-hybridized carbons (Fsp3) is 0.308. The van der Waals surface area contributed by atoms with Crippen LogP contribution in [0.3, 0.4) is 0 Å². The number of hydrogen-bond donors (Lipinski definition) is 2. The van der Waals surface area contributed by atoms with Crippen molar-refractivity contribution in [2.75, 3.05) is 5.32 Å². The molecular weight excluding hydrogens is 296 g/mol. The van der Waals surface area contributed by atoms with Gasteiger partial charge in [-0.1, -0.05) is 35.1 Å². The van der Waals surface area contributed by atoms with E-state index in [1.165, 1.54) is 11.3 Å². The van der Waals surface area contributed by atoms with Crippen molar-refractivity contribution < 1.29 is 4.79 Å². The fourth-order valence-corrected chi connectivity index (χ4v) is 2.64. The summed E-state index contributed by atoms with van der Waals surface area (Å²) in [6.45, 7) is 0. The van der Waals surface area contributed by atoms with Crippen LogP contribution in [-0.2, 0) is 0 Å². The molecule has 7 heteroatoms. The number of anilines is 1. The van der Waals surface area contributed by atoms with E-state index in [-0.39, 0.29) is 12.1 Å². The standard InChI is InChI=1S/C13H13ClN4OS/c14-10-5-3-9(4-6-10)11(8-1-2-8)16-12(19)17-13-18-15-7-20-13/h3-8,11H,1-2H2,(H2,16,17,18,19). The molecule has 1 heterocycles. The third-order valence-electron chi connectivity index (χ3n) is 3.19. The summed E-state index contributed by atoms with van der Waals surface area (Å²) in [5.41, 5.74) is 2.65. The molecular formula is C13H13ClN4OS. The molecule has 1 atom stereocenters. The van der Waals surface area contributed by atoms with Gasteiger partial charge in [0.15, 0.2) is 0 Å². The summed E-state index contributed by atoms with van der Waals surface area (Å²) >= 11 is 7.19. The van der Waals surface area contributed by atoms with Gasteiger partial charge in [0.25, 0.3) is 0 Å². The lowest BCUT2D eigenvalue weighted by Gasteiger charge is -2.18. The summed E-state index contributed by atoms with van der Waals surface area (Å²) in [7, 11) is 0. The zero-order valence-electron chi connectivity index (χ0n) is 10.5. The van der Waals surface area contributed by atoms with Crippen molar-refractivity contribution in [3.63, 3.8) is 0 Å². The molecule has 1 aliphatic rings. The van der Waals surface area contributed by atoms with Gasteiger partial charge in [0.2, 0.25) is 5.13 Å². The molecule has 1 aliphatic carbocycles. The van der Waals surface area contributed by atoms with Crippen LogP contribution < -0.4 is 10.6 Å². The van der Waals surface area contributed by atoms with E-state index in [0.29, 0.717) is 16.1 Å². The molecule has 0 spiro atoms. The molecule has 1 unspecified atom stereocenters. The first-order valence-corrected chi connectivity index (χ1v) is 7.57. The van der Waals surface area contributed by atoms with Crippen molar-refractivity contribution in [2.45, 2.75) is 18.9 Å². The number of urea groups is 1. The molecule has 1 aromatic heterocycles. The van der Waals surface area contributed by atoms with Crippen molar-refractivity contribution in [2.24, 2.45) is 5.92 Å². The van der Waals surface area contributed by atoms with Crippen LogP contribution in [0.25, 0.3) is 0 Å². The minimum Gasteiger partial charge on any atom is -0.331 e. The van der Waals surface area contributed by atoms with E-state index < -0.39 is 0 Å². The summed E-state index contributed by atoms with van der Waals surface area (Å²) < 4.78 is 0. The van der Waals surface area contributed by atoms with Gasteiger partial charge in [-0.15, -0.1) is 10.2 Å². The van der Waals surface area contributed by atoms with Gasteiger partial charge in [-0.25, -0.2) is 4.79 Å². The number of rotatable bonds is 4. The normalized spacial score (nSPS) is 15.7. The quantitative estimate of drug-likeness (QED) is 0.909. The third kappa shape index (κ3) is 3.26. The van der Waals surface area contributed by atoms with E-state index in [2.05, 4.69) is 20.8 Å². The molecule has 1 saturated carbocycles. The van der Waals surface area contributed by atoms with Gasteiger partial charge in [0.05, 0.1) is 6.04 Å². The highest BCUT2D eigenvalue weighted by atomic mass is 35.5. The van der Waals surface area contributed by atoms with Crippen LogP contribution in [0.2, 0.25) is 5.02 Å². The van der Waals surface area contributed by atoms with E-state index in [0.717, 1.165) is 18.4 Å². The molecule has 0 aliphatic heterocycles. The molecule has 3 rings (SSSR count). The molecule has 1 aromatic carbocycles. The molecule has 2 amide bonds. The minimum absolute atomic E-state index is 0.0141. The Bertz CT molecular complexity index is 583. The van der Waals surface area contributed by atoms with E-state index in [4.69, 9.17) is 11.6 Å². The number of hydrogen-bond acceptors (Lipinski definition) is 4. The molecule has 1 fully saturated rings. The van der Waals surface area contributed by atoms with Crippen LogP contribution in [0.15, 0.2) is 29.8 Å². The lowest BCUT2D eigenvalue weighted by molar-refractivity contribution is 0.247. The number of amides is 2. The molecule has 5 nitrogen and oxygen atoms in total. The Hall–Kier alpha value is -1.66. The van der Waals surface area contributed by atoms with Crippen LogP contribution in [0.1, 0.15) is 24.4 Å². The zero-order valence-corrected chi connectivity index (χ0v) is 12.1. The van der Waals surface area contributed by atoms with Gasteiger partial charge in [-0.3, -0.25) is 5.32 Å². The second kappa shape index (κ2) is 5.76. The molecule has 0 bridgehead atoms. The summed E-state index contributed by atoms with van der Waals surface area (Å²) in [6, 6.07) is 7.36. The van der Waals surface area contributed by atoms with Crippen LogP contribution in [0, 0.1) is 5.92 Å². The van der Waals surface area contributed by atoms with Crippen LogP contribution in [-0.4, -0.2) is 16.2 Å². The van der Waals surface area contributed by atoms with Crippen molar-refractivity contribution in [3.05, 3.63) is 40.4 Å². The van der Waals surface area contributed by atoms with Gasteiger partial charge in [0, 0.05) is 5.02 Å². The molecule has 2 N–H and O–H groups in total. The number of halogens is 1. The number of carbonyl (C=O) groups is 1. The number of nitrogens with one attached hydrogen (secondary N) is 2. The largest absolute Gasteiger partial charge is 0.331 e. The number of aromatic nitrogens is 2. The topological polar surface area (TPSA) is 66.9 Å². The maximum atomic E-state index is 12.0. The predicted octanol–water partition coefficient (Wildman–Crippen LogP) is 3.46. The molecule has 104 valence electrons. The Morgan fingerprint density at radius 2 is 2.10 bits per heavy atom. The van der Waals surface area contributed by atoms with Crippen molar-refractivity contribution in [1.82, 2.24) is 15.5 Å². The second-order valence-corrected chi connectivity index (χ2v) is 5.98. The van der Waals surface area contributed by atoms with Gasteiger partial charge in [-0.2, -0.15) is 0 Å². The Kier molecular flexibility index (Phi) is 3.84. The number of nitrogens with zero attached hydrogens (tertiary/aromatic N) is 2. The molecule has 0 radical (unpaired) electrons. The smallest absolute Gasteiger partial charge is 0.321 e. The van der Waals surface area contributed by atoms with E-state index >= 15 is 0 Å². The maximum Gasteiger partial charge on any atom is 0.321 e. The van der Waals surface area contributed by atoms with Gasteiger partial charge < -0.3 is 5.32 Å². The average Bonchev–Trinajstić information content (AvgIpc) is 3.16. The van der Waals surface area contributed by atoms with Crippen molar-refractivity contribution in [3.8, 4) is 0 Å². The maximum absolute atomic E-state index is 12.0. The Balaban J connectivity index is 1.68. The first-order valence-electron chi connectivity index (χ1n) is 6.31. The minimum atomic E-state index is -0.256. The van der Waals surface area contributed by atoms with E-state index in [9.17, 15) is 4.79 Å². The monoisotopic (exact) mass is 308 g/mol. The Morgan fingerprint density at radius 1 is 1.35 bits per heavy atom. The Labute approximate surface area is 125 Å². The van der Waals surface area contributed by atoms with Crippen LogP contribution in [0.5, 0.6) is 0 Å². The van der Waals surface area contributed by atoms with Crippen LogP contribution >= 0.6 is 22.9 Å². The zero-order chi connectivity index (χ0) is 13.9. The van der Waals surface area contributed by atoms with Crippen LogP contribution in [0.4, 0.5) is 9.93 Å². The summed E-state index contributed by atoms with van der Waals surface area (Å²) in [6.07, 6.45) is 2.26. The van der Waals surface area contributed by atoms with Gasteiger partial charge in [0.1, 0.15) is 5.51 Å². The highest BCUT2D eigenvalue weighted by molar-refractivity contribution is 7.13. The highest BCUT2D eigenvalue weighted by Gasteiger charge is 2.33. The number of carbonyl (C=O) groups excluding carboxylic acids is 1. The van der Waals surface area contributed by atoms with Crippen molar-refractivity contribution >= 4 is 34.1 Å². The average molecular weight is 309 g/mol. The SMILES string of the molecule is O=C(Nc1nncs1)NC(c1ccc(Cl)cc1)C1CC1. The molecule has 2 aromatic rings. The number of benzene rings is 1. The van der Waals surface area contributed by atoms with E-state index in [1.54, 1.807) is 5.51 Å². The fourth-order valence-electron chi connectivity index (χ4n) is 2.07. The van der Waals surface area contributed by atoms with Gasteiger partial charge >= 0.3 is 6.03 Å². The predicted molar refractivity (Wildman–Crippen MR) is 79.0 cm³/mol. The van der Waals surface area contributed by atoms with Crippen molar-refractivity contribution in [1.29, 1.82) is 0 Å². The van der Waals surface area contributed by atoms with E-state index in [1.807, 2.05) is 24.3 Å². The second-order valence-electron chi connectivity index (χ2n) is 4.71. The first kappa shape index (κ1) is 13.3. The third-order valence-corrected chi connectivity index (χ3v) is 4.05. The first-order chi connectivity index (χ1) is 9.72. The Morgan fingerprint density at radius 3 is 2.70 bits per heavy atom. The molecule has 20 heavy (non-hydrogen) atoms.